The molecule has 1 unspecified atom stereocenters. The second-order valence-electron chi connectivity index (χ2n) is 2.35. The van der Waals surface area contributed by atoms with Crippen molar-refractivity contribution in [2.24, 2.45) is 0 Å². The van der Waals surface area contributed by atoms with Crippen LogP contribution in [0.4, 0.5) is 0 Å². The van der Waals surface area contributed by atoms with Crippen molar-refractivity contribution in [3.63, 3.8) is 0 Å². The first-order chi connectivity index (χ1) is 5.57. The van der Waals surface area contributed by atoms with Crippen molar-refractivity contribution in [1.82, 2.24) is 5.32 Å². The normalized spacial score (nSPS) is 12.2. The van der Waals surface area contributed by atoms with Crippen LogP contribution in [-0.2, 0) is 9.59 Å². The standard InChI is InChI=1S/C7H13NO4/c1-2-6(10)8-4-3-5(9)7(11)12/h5,9H,2-4H2,1H3,(H,8,10)(H,11,12). The maximum Gasteiger partial charge on any atom is 0.332 e. The number of aliphatic carboxylic acids is 1. The minimum Gasteiger partial charge on any atom is -0.479 e. The molecule has 0 aliphatic heterocycles. The van der Waals surface area contributed by atoms with Crippen molar-refractivity contribution in [2.75, 3.05) is 6.54 Å². The highest BCUT2D eigenvalue weighted by Crippen LogP contribution is 1.89. The molecule has 1 atom stereocenters. The SMILES string of the molecule is CCC(=O)NCCC(O)C(=O)O. The van der Waals surface area contributed by atoms with E-state index in [0.717, 1.165) is 0 Å². The summed E-state index contributed by atoms with van der Waals surface area (Å²) in [5, 5.41) is 19.5. The van der Waals surface area contributed by atoms with Gasteiger partial charge in [-0.2, -0.15) is 0 Å². The van der Waals surface area contributed by atoms with Gasteiger partial charge in [-0.25, -0.2) is 4.79 Å². The van der Waals surface area contributed by atoms with Gasteiger partial charge in [-0.15, -0.1) is 0 Å². The highest BCUT2D eigenvalue weighted by atomic mass is 16.4. The quantitative estimate of drug-likeness (QED) is 0.518. The fraction of sp³-hybridized carbons (Fsp3) is 0.714. The van der Waals surface area contributed by atoms with E-state index in [9.17, 15) is 9.59 Å². The van der Waals surface area contributed by atoms with Crippen molar-refractivity contribution >= 4 is 11.9 Å². The molecule has 0 fully saturated rings. The summed E-state index contributed by atoms with van der Waals surface area (Å²) in [5.41, 5.74) is 0. The van der Waals surface area contributed by atoms with Gasteiger partial charge in [-0.05, 0) is 0 Å². The Morgan fingerprint density at radius 1 is 1.50 bits per heavy atom. The van der Waals surface area contributed by atoms with Gasteiger partial charge in [-0.1, -0.05) is 6.92 Å². The molecule has 0 rings (SSSR count). The second kappa shape index (κ2) is 5.54. The molecular weight excluding hydrogens is 162 g/mol. The maximum absolute atomic E-state index is 10.6. The summed E-state index contributed by atoms with van der Waals surface area (Å²) >= 11 is 0. The Bertz CT molecular complexity index is 169. The summed E-state index contributed by atoms with van der Waals surface area (Å²) < 4.78 is 0. The van der Waals surface area contributed by atoms with Crippen LogP contribution in [0.5, 0.6) is 0 Å². The van der Waals surface area contributed by atoms with E-state index >= 15 is 0 Å². The molecule has 0 radical (unpaired) electrons. The van der Waals surface area contributed by atoms with Gasteiger partial charge in [-0.3, -0.25) is 4.79 Å². The number of aliphatic hydroxyl groups excluding tert-OH is 1. The number of carbonyl (C=O) groups is 2. The van der Waals surface area contributed by atoms with Crippen LogP contribution in [0, 0.1) is 0 Å². The summed E-state index contributed by atoms with van der Waals surface area (Å²) in [6, 6.07) is 0. The lowest BCUT2D eigenvalue weighted by atomic mass is 10.2. The number of nitrogens with one attached hydrogen (secondary N) is 1. The van der Waals surface area contributed by atoms with Gasteiger partial charge in [0.2, 0.25) is 5.91 Å². The molecule has 0 saturated heterocycles. The molecule has 0 aliphatic rings. The van der Waals surface area contributed by atoms with Gasteiger partial charge >= 0.3 is 5.97 Å². The summed E-state index contributed by atoms with van der Waals surface area (Å²) in [6.45, 7) is 1.89. The third kappa shape index (κ3) is 4.68. The molecule has 5 nitrogen and oxygen atoms in total. The van der Waals surface area contributed by atoms with Crippen LogP contribution >= 0.6 is 0 Å². The molecular formula is C7H13NO4. The monoisotopic (exact) mass is 175 g/mol. The van der Waals surface area contributed by atoms with E-state index in [4.69, 9.17) is 10.2 Å². The predicted molar refractivity (Wildman–Crippen MR) is 41.6 cm³/mol. The zero-order chi connectivity index (χ0) is 9.56. The van der Waals surface area contributed by atoms with Gasteiger partial charge in [0, 0.05) is 19.4 Å². The first kappa shape index (κ1) is 10.9. The number of carboxylic acids is 1. The number of carboxylic acid groups (broad SMARTS) is 1. The Hall–Kier alpha value is -1.10. The summed E-state index contributed by atoms with van der Waals surface area (Å²) in [5.74, 6) is -1.41. The van der Waals surface area contributed by atoms with Crippen molar-refractivity contribution in [3.05, 3.63) is 0 Å². The van der Waals surface area contributed by atoms with Crippen LogP contribution in [0.3, 0.4) is 0 Å². The van der Waals surface area contributed by atoms with Crippen LogP contribution in [0.25, 0.3) is 0 Å². The Morgan fingerprint density at radius 2 is 2.08 bits per heavy atom. The fourth-order valence-corrected chi connectivity index (χ4v) is 0.597. The Kier molecular flexibility index (Phi) is 5.03. The minimum atomic E-state index is -1.39. The van der Waals surface area contributed by atoms with Crippen molar-refractivity contribution in [3.8, 4) is 0 Å². The lowest BCUT2D eigenvalue weighted by Crippen LogP contribution is -2.29. The average Bonchev–Trinajstić information content (AvgIpc) is 2.03. The van der Waals surface area contributed by atoms with Gasteiger partial charge in [0.1, 0.15) is 0 Å². The van der Waals surface area contributed by atoms with Crippen LogP contribution in [0.15, 0.2) is 0 Å². The lowest BCUT2D eigenvalue weighted by molar-refractivity contribution is -0.147. The molecule has 0 spiro atoms. The maximum atomic E-state index is 10.6. The number of rotatable bonds is 5. The third-order valence-corrected chi connectivity index (χ3v) is 1.35. The molecule has 0 aliphatic carbocycles. The van der Waals surface area contributed by atoms with Crippen LogP contribution in [0.2, 0.25) is 0 Å². The zero-order valence-electron chi connectivity index (χ0n) is 6.91. The van der Waals surface area contributed by atoms with Gasteiger partial charge in [0.05, 0.1) is 0 Å². The van der Waals surface area contributed by atoms with Crippen molar-refractivity contribution in [1.29, 1.82) is 0 Å². The number of amides is 1. The highest BCUT2D eigenvalue weighted by molar-refractivity contribution is 5.75. The number of aliphatic hydroxyl groups is 1. The van der Waals surface area contributed by atoms with Gasteiger partial charge in [0.25, 0.3) is 0 Å². The topological polar surface area (TPSA) is 86.6 Å². The van der Waals surface area contributed by atoms with E-state index in [2.05, 4.69) is 5.32 Å². The lowest BCUT2D eigenvalue weighted by Gasteiger charge is -2.05. The summed E-state index contributed by atoms with van der Waals surface area (Å²) in [7, 11) is 0. The summed E-state index contributed by atoms with van der Waals surface area (Å²) in [6.07, 6.45) is -0.980. The molecule has 12 heavy (non-hydrogen) atoms. The van der Waals surface area contributed by atoms with Crippen LogP contribution in [-0.4, -0.2) is 34.7 Å². The molecule has 0 bridgehead atoms. The second-order valence-corrected chi connectivity index (χ2v) is 2.35. The summed E-state index contributed by atoms with van der Waals surface area (Å²) in [4.78, 5) is 20.7. The average molecular weight is 175 g/mol. The zero-order valence-corrected chi connectivity index (χ0v) is 6.91. The molecule has 0 aromatic rings. The smallest absolute Gasteiger partial charge is 0.332 e. The van der Waals surface area contributed by atoms with E-state index in [0.29, 0.717) is 6.42 Å². The fourth-order valence-electron chi connectivity index (χ4n) is 0.597. The number of hydrogen-bond donors (Lipinski definition) is 3. The molecule has 0 saturated carbocycles. The van der Waals surface area contributed by atoms with Crippen LogP contribution in [0.1, 0.15) is 19.8 Å². The van der Waals surface area contributed by atoms with Gasteiger partial charge < -0.3 is 15.5 Å². The molecule has 0 aromatic heterocycles. The molecule has 1 amide bonds. The first-order valence-corrected chi connectivity index (χ1v) is 3.75. The van der Waals surface area contributed by atoms with E-state index < -0.39 is 12.1 Å². The van der Waals surface area contributed by atoms with E-state index in [1.807, 2.05) is 0 Å². The van der Waals surface area contributed by atoms with E-state index in [-0.39, 0.29) is 18.9 Å². The predicted octanol–water partition coefficient (Wildman–Crippen LogP) is -0.652. The van der Waals surface area contributed by atoms with E-state index in [1.54, 1.807) is 6.92 Å². The largest absolute Gasteiger partial charge is 0.479 e. The van der Waals surface area contributed by atoms with E-state index in [1.165, 1.54) is 0 Å². The minimum absolute atomic E-state index is 0.0427. The van der Waals surface area contributed by atoms with Crippen molar-refractivity contribution in [2.45, 2.75) is 25.9 Å². The number of hydrogen-bond acceptors (Lipinski definition) is 3. The van der Waals surface area contributed by atoms with Crippen LogP contribution < -0.4 is 5.32 Å². The molecule has 5 heteroatoms. The third-order valence-electron chi connectivity index (χ3n) is 1.35. The highest BCUT2D eigenvalue weighted by Gasteiger charge is 2.12. The Labute approximate surface area is 70.4 Å². The Morgan fingerprint density at radius 3 is 2.50 bits per heavy atom. The Balaban J connectivity index is 3.43. The van der Waals surface area contributed by atoms with Crippen molar-refractivity contribution < 1.29 is 19.8 Å². The molecule has 0 heterocycles. The van der Waals surface area contributed by atoms with Gasteiger partial charge in [0.15, 0.2) is 6.10 Å². The molecule has 0 aromatic carbocycles. The number of carbonyl (C=O) groups excluding carboxylic acids is 1. The first-order valence-electron chi connectivity index (χ1n) is 3.75. The molecule has 3 N–H and O–H groups in total. The molecule has 70 valence electrons.